The third kappa shape index (κ3) is 3.89. The molecule has 1 nitrogen and oxygen atoms in total. The van der Waals surface area contributed by atoms with Crippen molar-refractivity contribution in [1.82, 2.24) is 0 Å². The molecule has 2 unspecified atom stereocenters. The van der Waals surface area contributed by atoms with E-state index in [1.54, 1.807) is 0 Å². The molecule has 0 radical (unpaired) electrons. The number of halogens is 4. The average molecular weight is 303 g/mol. The topological polar surface area (TPSA) is 12.0 Å². The first-order valence-corrected chi connectivity index (χ1v) is 7.42. The fraction of sp³-hybridized carbons (Fsp3) is 0.625. The Bertz CT molecular complexity index is 482. The second-order valence-electron chi connectivity index (χ2n) is 6.14. The second-order valence-corrected chi connectivity index (χ2v) is 6.14. The first-order valence-electron chi connectivity index (χ1n) is 7.42. The molecule has 1 aromatic rings. The molecular formula is C16H21F4N. The third-order valence-electron chi connectivity index (χ3n) is 4.31. The summed E-state index contributed by atoms with van der Waals surface area (Å²) in [6.45, 7) is 4.27. The van der Waals surface area contributed by atoms with Crippen molar-refractivity contribution < 1.29 is 17.6 Å². The molecule has 0 aromatic heterocycles. The van der Waals surface area contributed by atoms with Crippen LogP contribution >= 0.6 is 0 Å². The average Bonchev–Trinajstić information content (AvgIpc) is 2.40. The molecule has 1 N–H and O–H groups in total. The molecule has 0 bridgehead atoms. The molecule has 2 rings (SSSR count). The molecule has 0 saturated heterocycles. The van der Waals surface area contributed by atoms with Gasteiger partial charge in [0.25, 0.3) is 0 Å². The van der Waals surface area contributed by atoms with Crippen LogP contribution in [0, 0.1) is 17.7 Å². The zero-order valence-corrected chi connectivity index (χ0v) is 12.3. The smallest absolute Gasteiger partial charge is 0.380 e. The maximum atomic E-state index is 13.9. The summed E-state index contributed by atoms with van der Waals surface area (Å²) < 4.78 is 51.5. The van der Waals surface area contributed by atoms with E-state index >= 15 is 0 Å². The van der Waals surface area contributed by atoms with E-state index in [4.69, 9.17) is 0 Å². The first-order chi connectivity index (χ1) is 9.79. The van der Waals surface area contributed by atoms with E-state index in [9.17, 15) is 17.6 Å². The summed E-state index contributed by atoms with van der Waals surface area (Å²) in [4.78, 5) is 0. The van der Waals surface area contributed by atoms with Gasteiger partial charge in [0.1, 0.15) is 5.82 Å². The highest BCUT2D eigenvalue weighted by Gasteiger charge is 2.32. The number of anilines is 1. The summed E-state index contributed by atoms with van der Waals surface area (Å²) in [6, 6.07) is 2.82. The predicted octanol–water partition coefficient (Wildman–Crippen LogP) is 5.47. The number of rotatable bonds is 3. The Balaban J connectivity index is 2.15. The van der Waals surface area contributed by atoms with E-state index < -0.39 is 17.6 Å². The molecule has 1 aliphatic rings. The monoisotopic (exact) mass is 303 g/mol. The third-order valence-corrected chi connectivity index (χ3v) is 4.31. The Labute approximate surface area is 122 Å². The summed E-state index contributed by atoms with van der Waals surface area (Å²) in [5.41, 5.74) is -0.782. The second kappa shape index (κ2) is 6.24. The van der Waals surface area contributed by atoms with Crippen LogP contribution in [0.2, 0.25) is 0 Å². The van der Waals surface area contributed by atoms with E-state index in [1.165, 1.54) is 6.07 Å². The maximum absolute atomic E-state index is 13.9. The predicted molar refractivity (Wildman–Crippen MR) is 75.6 cm³/mol. The molecule has 0 amide bonds. The van der Waals surface area contributed by atoms with Crippen molar-refractivity contribution in [1.29, 1.82) is 0 Å². The van der Waals surface area contributed by atoms with Crippen LogP contribution in [-0.4, -0.2) is 6.04 Å². The lowest BCUT2D eigenvalue weighted by molar-refractivity contribution is -0.137. The number of benzene rings is 1. The molecule has 1 aliphatic carbocycles. The summed E-state index contributed by atoms with van der Waals surface area (Å²) in [6.07, 6.45) is -0.259. The Morgan fingerprint density at radius 1 is 1.14 bits per heavy atom. The fourth-order valence-electron chi connectivity index (χ4n) is 3.14. The van der Waals surface area contributed by atoms with Gasteiger partial charge < -0.3 is 5.32 Å². The van der Waals surface area contributed by atoms with Gasteiger partial charge in [-0.15, -0.1) is 0 Å². The van der Waals surface area contributed by atoms with Crippen LogP contribution in [-0.2, 0) is 6.18 Å². The lowest BCUT2D eigenvalue weighted by Crippen LogP contribution is -2.35. The standard InChI is InChI=1S/C16H21F4N/c1-10(2)12-5-3-4-6-14(12)21-15-8-7-11(9-13(15)17)16(18,19)20/h7-10,12,14,21H,3-6H2,1-2H3. The minimum Gasteiger partial charge on any atom is -0.380 e. The van der Waals surface area contributed by atoms with Crippen molar-refractivity contribution in [2.45, 2.75) is 51.7 Å². The van der Waals surface area contributed by atoms with Crippen LogP contribution < -0.4 is 5.32 Å². The van der Waals surface area contributed by atoms with Crippen molar-refractivity contribution >= 4 is 5.69 Å². The largest absolute Gasteiger partial charge is 0.416 e. The molecule has 1 fully saturated rings. The molecule has 1 saturated carbocycles. The molecular weight excluding hydrogens is 282 g/mol. The van der Waals surface area contributed by atoms with E-state index in [0.717, 1.165) is 31.7 Å². The molecule has 2 atom stereocenters. The summed E-state index contributed by atoms with van der Waals surface area (Å²) in [5.74, 6) is 0.0682. The zero-order valence-electron chi connectivity index (χ0n) is 12.3. The Morgan fingerprint density at radius 3 is 2.38 bits per heavy atom. The van der Waals surface area contributed by atoms with Gasteiger partial charge in [0.2, 0.25) is 0 Å². The zero-order chi connectivity index (χ0) is 15.6. The fourth-order valence-corrected chi connectivity index (χ4v) is 3.14. The summed E-state index contributed by atoms with van der Waals surface area (Å²) in [5, 5.41) is 3.12. The van der Waals surface area contributed by atoms with Crippen LogP contribution in [0.5, 0.6) is 0 Å². The number of nitrogens with one attached hydrogen (secondary N) is 1. The van der Waals surface area contributed by atoms with Gasteiger partial charge in [-0.1, -0.05) is 26.7 Å². The normalized spacial score (nSPS) is 23.4. The van der Waals surface area contributed by atoms with Crippen LogP contribution in [0.4, 0.5) is 23.2 Å². The van der Waals surface area contributed by atoms with E-state index in [1.807, 2.05) is 0 Å². The first kappa shape index (κ1) is 16.1. The molecule has 1 aromatic carbocycles. The lowest BCUT2D eigenvalue weighted by atomic mass is 9.78. The van der Waals surface area contributed by atoms with Gasteiger partial charge in [0.05, 0.1) is 11.3 Å². The lowest BCUT2D eigenvalue weighted by Gasteiger charge is -2.35. The SMILES string of the molecule is CC(C)C1CCCCC1Nc1ccc(C(F)(F)F)cc1F. The van der Waals surface area contributed by atoms with Crippen molar-refractivity contribution in [2.75, 3.05) is 5.32 Å². The number of alkyl halides is 3. The molecule has 0 spiro atoms. The number of hydrogen-bond donors (Lipinski definition) is 1. The minimum atomic E-state index is -4.51. The van der Waals surface area contributed by atoms with Crippen LogP contribution in [0.3, 0.4) is 0 Å². The highest BCUT2D eigenvalue weighted by atomic mass is 19.4. The van der Waals surface area contributed by atoms with Gasteiger partial charge in [0, 0.05) is 6.04 Å². The quantitative estimate of drug-likeness (QED) is 0.730. The molecule has 0 aliphatic heterocycles. The van der Waals surface area contributed by atoms with Crippen LogP contribution in [0.25, 0.3) is 0 Å². The van der Waals surface area contributed by atoms with Crippen molar-refractivity contribution in [3.05, 3.63) is 29.6 Å². The van der Waals surface area contributed by atoms with Gasteiger partial charge in [-0.25, -0.2) is 4.39 Å². The van der Waals surface area contributed by atoms with Crippen LogP contribution in [0.15, 0.2) is 18.2 Å². The summed E-state index contributed by atoms with van der Waals surface area (Å²) >= 11 is 0. The Morgan fingerprint density at radius 2 is 1.81 bits per heavy atom. The Kier molecular flexibility index (Phi) is 4.79. The van der Waals surface area contributed by atoms with Gasteiger partial charge in [-0.05, 0) is 42.9 Å². The highest BCUT2D eigenvalue weighted by molar-refractivity contribution is 5.47. The van der Waals surface area contributed by atoms with Crippen molar-refractivity contribution in [3.8, 4) is 0 Å². The molecule has 118 valence electrons. The van der Waals surface area contributed by atoms with Gasteiger partial charge in [-0.3, -0.25) is 0 Å². The summed E-state index contributed by atoms with van der Waals surface area (Å²) in [7, 11) is 0. The van der Waals surface area contributed by atoms with Crippen molar-refractivity contribution in [2.24, 2.45) is 11.8 Å². The van der Waals surface area contributed by atoms with Gasteiger partial charge in [0.15, 0.2) is 0 Å². The van der Waals surface area contributed by atoms with E-state index in [0.29, 0.717) is 17.9 Å². The van der Waals surface area contributed by atoms with Gasteiger partial charge >= 0.3 is 6.18 Å². The highest BCUT2D eigenvalue weighted by Crippen LogP contribution is 2.35. The van der Waals surface area contributed by atoms with E-state index in [2.05, 4.69) is 19.2 Å². The molecule has 21 heavy (non-hydrogen) atoms. The number of hydrogen-bond acceptors (Lipinski definition) is 1. The van der Waals surface area contributed by atoms with E-state index in [-0.39, 0.29) is 11.7 Å². The van der Waals surface area contributed by atoms with Crippen molar-refractivity contribution in [3.63, 3.8) is 0 Å². The van der Waals surface area contributed by atoms with Gasteiger partial charge in [-0.2, -0.15) is 13.2 Å². The molecule has 0 heterocycles. The maximum Gasteiger partial charge on any atom is 0.416 e. The van der Waals surface area contributed by atoms with Crippen LogP contribution in [0.1, 0.15) is 45.1 Å². The Hall–Kier alpha value is -1.26. The molecule has 5 heteroatoms. The minimum absolute atomic E-state index is 0.130.